The van der Waals surface area contributed by atoms with Crippen molar-refractivity contribution in [3.63, 3.8) is 0 Å². The monoisotopic (exact) mass is 488 g/mol. The maximum absolute atomic E-state index is 13.5. The number of halogens is 2. The van der Waals surface area contributed by atoms with Gasteiger partial charge in [0.2, 0.25) is 6.10 Å². The van der Waals surface area contributed by atoms with E-state index in [4.69, 9.17) is 33.2 Å². The summed E-state index contributed by atoms with van der Waals surface area (Å²) < 4.78 is 66.4. The zero-order valence-electron chi connectivity index (χ0n) is 18.7. The van der Waals surface area contributed by atoms with Crippen LogP contribution in [0.3, 0.4) is 0 Å². The van der Waals surface area contributed by atoms with E-state index in [1.807, 2.05) is 0 Å². The lowest BCUT2D eigenvalue weighted by Crippen LogP contribution is -2.66. The molecule has 0 N–H and O–H groups in total. The van der Waals surface area contributed by atoms with Gasteiger partial charge in [-0.2, -0.15) is 8.78 Å². The first kappa shape index (κ1) is 22.4. The van der Waals surface area contributed by atoms with Crippen LogP contribution in [0.25, 0.3) is 0 Å². The second kappa shape index (κ2) is 7.23. The van der Waals surface area contributed by atoms with Gasteiger partial charge in [0, 0.05) is 18.8 Å². The molecule has 0 aromatic carbocycles. The van der Waals surface area contributed by atoms with Crippen molar-refractivity contribution in [3.05, 3.63) is 0 Å². The van der Waals surface area contributed by atoms with Crippen LogP contribution in [0, 0.1) is 17.8 Å². The Hall–Kier alpha value is -2.05. The summed E-state index contributed by atoms with van der Waals surface area (Å²) in [6.07, 6.45) is -2.80. The van der Waals surface area contributed by atoms with Gasteiger partial charge in [0.15, 0.2) is 24.3 Å². The van der Waals surface area contributed by atoms with E-state index in [0.717, 1.165) is 12.8 Å². The fraction of sp³-hybridized carbons (Fsp3) is 0.864. The lowest BCUT2D eigenvalue weighted by atomic mass is 9.51. The van der Waals surface area contributed by atoms with Crippen molar-refractivity contribution in [2.75, 3.05) is 6.61 Å². The summed E-state index contributed by atoms with van der Waals surface area (Å²) in [5, 5.41) is 0. The van der Waals surface area contributed by atoms with Gasteiger partial charge >= 0.3 is 24.0 Å². The molecule has 3 heterocycles. The molecule has 4 saturated carbocycles. The largest absolute Gasteiger partial charge is 0.509 e. The third-order valence-corrected chi connectivity index (χ3v) is 8.03. The van der Waals surface area contributed by atoms with Gasteiger partial charge in [-0.25, -0.2) is 14.4 Å². The highest BCUT2D eigenvalue weighted by Gasteiger charge is 2.73. The molecule has 0 radical (unpaired) electrons. The molecule has 0 aromatic heterocycles. The molecule has 4 aliphatic carbocycles. The maximum atomic E-state index is 13.5. The molecule has 7 fully saturated rings. The van der Waals surface area contributed by atoms with E-state index in [-0.39, 0.29) is 24.4 Å². The summed E-state index contributed by atoms with van der Waals surface area (Å²) in [4.78, 5) is 36.0. The molecule has 7 unspecified atom stereocenters. The van der Waals surface area contributed by atoms with Gasteiger partial charge in [0.05, 0.1) is 6.61 Å². The molecule has 4 bridgehead atoms. The van der Waals surface area contributed by atoms with Crippen LogP contribution < -0.4 is 0 Å². The predicted octanol–water partition coefficient (Wildman–Crippen LogP) is 2.07. The van der Waals surface area contributed by atoms with Crippen LogP contribution >= 0.6 is 0 Å². The number of hydrogen-bond donors (Lipinski definition) is 0. The quantitative estimate of drug-likeness (QED) is 0.430. The van der Waals surface area contributed by atoms with Crippen molar-refractivity contribution < 1.29 is 56.3 Å². The minimum Gasteiger partial charge on any atom is -0.455 e. The van der Waals surface area contributed by atoms with Gasteiger partial charge in [-0.3, -0.25) is 0 Å². The fourth-order valence-electron chi connectivity index (χ4n) is 7.03. The van der Waals surface area contributed by atoms with Gasteiger partial charge in [-0.1, -0.05) is 0 Å². The summed E-state index contributed by atoms with van der Waals surface area (Å²) in [5.41, 5.74) is -0.954. The summed E-state index contributed by atoms with van der Waals surface area (Å²) in [6, 6.07) is 0. The number of ether oxygens (including phenoxy) is 7. The highest BCUT2D eigenvalue weighted by molar-refractivity contribution is 5.81. The number of rotatable bonds is 4. The van der Waals surface area contributed by atoms with E-state index in [1.165, 1.54) is 0 Å². The van der Waals surface area contributed by atoms with Gasteiger partial charge in [-0.15, -0.1) is 0 Å². The van der Waals surface area contributed by atoms with Crippen molar-refractivity contribution in [1.29, 1.82) is 0 Å². The topological polar surface area (TPSA) is 116 Å². The molecule has 1 spiro atoms. The Morgan fingerprint density at radius 2 is 1.79 bits per heavy atom. The van der Waals surface area contributed by atoms with Crippen molar-refractivity contribution in [3.8, 4) is 0 Å². The summed E-state index contributed by atoms with van der Waals surface area (Å²) >= 11 is 0. The van der Waals surface area contributed by atoms with Gasteiger partial charge < -0.3 is 33.2 Å². The highest BCUT2D eigenvalue weighted by atomic mass is 19.3. The first-order valence-corrected chi connectivity index (χ1v) is 11.7. The Balaban J connectivity index is 1.18. The van der Waals surface area contributed by atoms with E-state index in [9.17, 15) is 23.2 Å². The third-order valence-electron chi connectivity index (χ3n) is 8.03. The summed E-state index contributed by atoms with van der Waals surface area (Å²) in [6.45, 7) is 2.24. The van der Waals surface area contributed by atoms with Crippen LogP contribution in [0.15, 0.2) is 0 Å². The van der Waals surface area contributed by atoms with Gasteiger partial charge in [0.25, 0.3) is 0 Å². The number of carbonyl (C=O) groups is 3. The Labute approximate surface area is 193 Å². The number of carbonyl (C=O) groups excluding carboxylic acids is 3. The molecule has 7 atom stereocenters. The molecule has 0 amide bonds. The lowest BCUT2D eigenvalue weighted by Gasteiger charge is -2.62. The van der Waals surface area contributed by atoms with Crippen molar-refractivity contribution in [2.45, 2.75) is 94.0 Å². The Morgan fingerprint density at radius 1 is 1.09 bits per heavy atom. The molecule has 10 nitrogen and oxygen atoms in total. The molecule has 34 heavy (non-hydrogen) atoms. The lowest BCUT2D eigenvalue weighted by molar-refractivity contribution is -0.343. The summed E-state index contributed by atoms with van der Waals surface area (Å²) in [7, 11) is 0. The van der Waals surface area contributed by atoms with E-state index in [1.54, 1.807) is 6.92 Å². The van der Waals surface area contributed by atoms with Crippen molar-refractivity contribution in [1.82, 2.24) is 0 Å². The predicted molar refractivity (Wildman–Crippen MR) is 102 cm³/mol. The van der Waals surface area contributed by atoms with Crippen LogP contribution in [0.2, 0.25) is 0 Å². The van der Waals surface area contributed by atoms with Crippen molar-refractivity contribution >= 4 is 18.1 Å². The molecule has 3 aliphatic heterocycles. The fourth-order valence-corrected chi connectivity index (χ4v) is 7.03. The Morgan fingerprint density at radius 3 is 2.44 bits per heavy atom. The molecule has 3 saturated heterocycles. The van der Waals surface area contributed by atoms with Crippen LogP contribution in [-0.4, -0.2) is 72.7 Å². The Bertz CT molecular complexity index is 902. The van der Waals surface area contributed by atoms with Crippen LogP contribution in [0.4, 0.5) is 13.6 Å². The Kier molecular flexibility index (Phi) is 4.77. The second-order valence-electron chi connectivity index (χ2n) is 10.3. The minimum atomic E-state index is -3.56. The second-order valence-corrected chi connectivity index (χ2v) is 10.3. The number of fused-ring (bicyclic) bond motifs is 3. The molecule has 7 aliphatic rings. The smallest absolute Gasteiger partial charge is 0.455 e. The van der Waals surface area contributed by atoms with E-state index in [0.29, 0.717) is 26.2 Å². The van der Waals surface area contributed by atoms with E-state index < -0.39 is 66.1 Å². The first-order chi connectivity index (χ1) is 16.0. The average molecular weight is 488 g/mol. The molecular weight excluding hydrogens is 462 g/mol. The zero-order chi connectivity index (χ0) is 24.0. The summed E-state index contributed by atoms with van der Waals surface area (Å²) in [5.74, 6) is -7.01. The highest BCUT2D eigenvalue weighted by Crippen LogP contribution is 2.65. The molecule has 0 aromatic rings. The molecular formula is C22H26F2O10. The molecule has 12 heteroatoms. The normalized spacial score (nSPS) is 47.9. The molecule has 188 valence electrons. The SMILES string of the molecule is CCOC(=O)OC1C(=O)OC2C3OC4(OC3OC12)C1CC2CC4CC(OC(=O)C(C)(F)F)(C2)C1. The number of hydrogen-bond acceptors (Lipinski definition) is 10. The van der Waals surface area contributed by atoms with Crippen LogP contribution in [-0.2, 0) is 42.7 Å². The van der Waals surface area contributed by atoms with Crippen LogP contribution in [0.5, 0.6) is 0 Å². The van der Waals surface area contributed by atoms with Crippen LogP contribution in [0.1, 0.15) is 46.0 Å². The standard InChI is InChI=1S/C22H26F2O10/c1-3-28-19(27)31-14-12-13(29-16(14)25)15-17(30-12)33-22(32-15)10-4-9-5-11(22)8-21(6-9,7-10)34-18(26)20(2,23)24/h9-15,17H,3-8H2,1-2H3. The number of alkyl halides is 2. The number of esters is 2. The maximum Gasteiger partial charge on any atom is 0.509 e. The first-order valence-electron chi connectivity index (χ1n) is 11.7. The minimum absolute atomic E-state index is 0.0893. The zero-order valence-corrected chi connectivity index (χ0v) is 18.7. The van der Waals surface area contributed by atoms with E-state index >= 15 is 0 Å². The third kappa shape index (κ3) is 3.17. The van der Waals surface area contributed by atoms with Gasteiger partial charge in [0.1, 0.15) is 11.7 Å². The van der Waals surface area contributed by atoms with Crippen molar-refractivity contribution in [2.24, 2.45) is 17.8 Å². The average Bonchev–Trinajstić information content (AvgIpc) is 3.34. The molecule has 7 rings (SSSR count). The van der Waals surface area contributed by atoms with Gasteiger partial charge in [-0.05, 0) is 44.9 Å². The van der Waals surface area contributed by atoms with E-state index in [2.05, 4.69) is 0 Å².